The van der Waals surface area contributed by atoms with Crippen LogP contribution in [0.2, 0.25) is 0 Å². The van der Waals surface area contributed by atoms with E-state index in [1.807, 2.05) is 37.3 Å². The van der Waals surface area contributed by atoms with Gasteiger partial charge in [0.25, 0.3) is 0 Å². The van der Waals surface area contributed by atoms with Crippen LogP contribution < -0.4 is 15.4 Å². The smallest absolute Gasteiger partial charge is 0.191 e. The second kappa shape index (κ2) is 14.9. The lowest BCUT2D eigenvalue weighted by Gasteiger charge is -2.14. The number of halogens is 1. The zero-order valence-corrected chi connectivity index (χ0v) is 20.4. The average molecular weight is 527 g/mol. The number of ether oxygens (including phenoxy) is 2. The predicted molar refractivity (Wildman–Crippen MR) is 133 cm³/mol. The van der Waals surface area contributed by atoms with Crippen molar-refractivity contribution in [3.63, 3.8) is 0 Å². The monoisotopic (exact) mass is 527 g/mol. The van der Waals surface area contributed by atoms with Gasteiger partial charge < -0.3 is 25.2 Å². The number of hydrogen-bond donors (Lipinski definition) is 3. The summed E-state index contributed by atoms with van der Waals surface area (Å²) < 4.78 is 11.0. The Balaban J connectivity index is 0.00000450. The molecule has 1 atom stereocenters. The van der Waals surface area contributed by atoms with E-state index < -0.39 is 0 Å². The van der Waals surface area contributed by atoms with Crippen LogP contribution in [0.5, 0.6) is 11.5 Å². The Labute approximate surface area is 197 Å². The minimum absolute atomic E-state index is 0. The molecule has 0 saturated carbocycles. The van der Waals surface area contributed by atoms with Gasteiger partial charge in [-0.25, -0.2) is 0 Å². The molecule has 0 saturated heterocycles. The highest BCUT2D eigenvalue weighted by Crippen LogP contribution is 2.29. The molecule has 0 aliphatic carbocycles. The summed E-state index contributed by atoms with van der Waals surface area (Å²) in [5.41, 5.74) is 2.02. The molecule has 0 spiro atoms. The van der Waals surface area contributed by atoms with E-state index in [1.165, 1.54) is 5.56 Å². The van der Waals surface area contributed by atoms with Gasteiger partial charge in [-0.1, -0.05) is 49.4 Å². The van der Waals surface area contributed by atoms with Crippen LogP contribution in [0.25, 0.3) is 0 Å². The highest BCUT2D eigenvalue weighted by atomic mass is 127. The molecule has 3 N–H and O–H groups in total. The Hall–Kier alpha value is -2.00. The third-order valence-electron chi connectivity index (χ3n) is 4.41. The summed E-state index contributed by atoms with van der Waals surface area (Å²) >= 11 is 0. The van der Waals surface area contributed by atoms with Crippen molar-refractivity contribution in [2.75, 3.05) is 33.4 Å². The number of nitrogens with zero attached hydrogens (tertiary/aromatic N) is 1. The minimum Gasteiger partial charge on any atom is -0.504 e. The van der Waals surface area contributed by atoms with E-state index >= 15 is 0 Å². The Kier molecular flexibility index (Phi) is 12.9. The SMILES string of the molecule is CCNC(=NCC(C)COCc1ccccc1)NCCc1cccc(OC)c1O.I. The van der Waals surface area contributed by atoms with Crippen molar-refractivity contribution in [3.05, 3.63) is 59.7 Å². The largest absolute Gasteiger partial charge is 0.504 e. The van der Waals surface area contributed by atoms with E-state index in [4.69, 9.17) is 9.47 Å². The standard InChI is InChI=1S/C23H33N3O3.HI/c1-4-24-23(25-14-13-20-11-8-12-21(28-3)22(20)27)26-15-18(2)16-29-17-19-9-6-5-7-10-19;/h5-12,18,27H,4,13-17H2,1-3H3,(H2,24,25,26);1H. The number of phenols is 1. The first-order valence-electron chi connectivity index (χ1n) is 10.1. The van der Waals surface area contributed by atoms with E-state index in [0.29, 0.717) is 44.4 Å². The quantitative estimate of drug-likeness (QED) is 0.234. The van der Waals surface area contributed by atoms with Gasteiger partial charge >= 0.3 is 0 Å². The number of guanidine groups is 1. The van der Waals surface area contributed by atoms with Crippen LogP contribution in [-0.4, -0.2) is 44.4 Å². The van der Waals surface area contributed by atoms with E-state index in [9.17, 15) is 5.11 Å². The zero-order valence-electron chi connectivity index (χ0n) is 18.1. The number of aromatic hydroxyl groups is 1. The van der Waals surface area contributed by atoms with Crippen molar-refractivity contribution >= 4 is 29.9 Å². The van der Waals surface area contributed by atoms with Crippen LogP contribution in [0.4, 0.5) is 0 Å². The second-order valence-corrected chi connectivity index (χ2v) is 6.97. The maximum atomic E-state index is 10.2. The number of benzene rings is 2. The van der Waals surface area contributed by atoms with Crippen molar-refractivity contribution < 1.29 is 14.6 Å². The second-order valence-electron chi connectivity index (χ2n) is 6.97. The van der Waals surface area contributed by atoms with Crippen LogP contribution in [-0.2, 0) is 17.8 Å². The number of rotatable bonds is 11. The highest BCUT2D eigenvalue weighted by Gasteiger charge is 2.08. The van der Waals surface area contributed by atoms with Crippen LogP contribution in [0.1, 0.15) is 25.0 Å². The number of nitrogens with one attached hydrogen (secondary N) is 2. The predicted octanol–water partition coefficient (Wildman–Crippen LogP) is 3.97. The molecule has 2 aromatic rings. The van der Waals surface area contributed by atoms with Gasteiger partial charge in [-0.15, -0.1) is 24.0 Å². The number of methoxy groups -OCH3 is 1. The molecule has 1 unspecified atom stereocenters. The van der Waals surface area contributed by atoms with E-state index in [2.05, 4.69) is 34.7 Å². The normalized spacial score (nSPS) is 12.0. The third-order valence-corrected chi connectivity index (χ3v) is 4.41. The van der Waals surface area contributed by atoms with Crippen molar-refractivity contribution in [1.82, 2.24) is 10.6 Å². The minimum atomic E-state index is 0. The van der Waals surface area contributed by atoms with Crippen LogP contribution in [0.3, 0.4) is 0 Å². The fraction of sp³-hybridized carbons (Fsp3) is 0.435. The molecule has 0 aliphatic heterocycles. The Morgan fingerprint density at radius 3 is 2.57 bits per heavy atom. The van der Waals surface area contributed by atoms with Gasteiger partial charge in [0.1, 0.15) is 0 Å². The van der Waals surface area contributed by atoms with Gasteiger partial charge in [0.15, 0.2) is 17.5 Å². The zero-order chi connectivity index (χ0) is 20.9. The summed E-state index contributed by atoms with van der Waals surface area (Å²) in [7, 11) is 1.55. The summed E-state index contributed by atoms with van der Waals surface area (Å²) in [4.78, 5) is 4.65. The number of aliphatic imine (C=N–C) groups is 1. The van der Waals surface area contributed by atoms with E-state index in [0.717, 1.165) is 18.1 Å². The number of para-hydroxylation sites is 1. The fourth-order valence-corrected chi connectivity index (χ4v) is 2.84. The van der Waals surface area contributed by atoms with Gasteiger partial charge in [-0.05, 0) is 36.5 Å². The van der Waals surface area contributed by atoms with Crippen LogP contribution >= 0.6 is 24.0 Å². The molecule has 0 aromatic heterocycles. The van der Waals surface area contributed by atoms with Gasteiger partial charge in [0, 0.05) is 19.6 Å². The van der Waals surface area contributed by atoms with Crippen molar-refractivity contribution in [1.29, 1.82) is 0 Å². The number of hydrogen-bond acceptors (Lipinski definition) is 4. The summed E-state index contributed by atoms with van der Waals surface area (Å²) in [5.74, 6) is 1.77. The third kappa shape index (κ3) is 9.21. The Bertz CT molecular complexity index is 757. The molecule has 0 bridgehead atoms. The first-order chi connectivity index (χ1) is 14.1. The molecule has 2 aromatic carbocycles. The topological polar surface area (TPSA) is 75.1 Å². The molecule has 0 amide bonds. The maximum absolute atomic E-state index is 10.2. The molecular formula is C23H34IN3O3. The van der Waals surface area contributed by atoms with Gasteiger partial charge in [0.2, 0.25) is 0 Å². The van der Waals surface area contributed by atoms with Gasteiger partial charge in [-0.2, -0.15) is 0 Å². The first kappa shape index (κ1) is 26.0. The van der Waals surface area contributed by atoms with Gasteiger partial charge in [-0.3, -0.25) is 4.99 Å². The van der Waals surface area contributed by atoms with Crippen molar-refractivity contribution in [2.24, 2.45) is 10.9 Å². The lowest BCUT2D eigenvalue weighted by molar-refractivity contribution is 0.0945. The Morgan fingerprint density at radius 2 is 1.87 bits per heavy atom. The number of phenolic OH excluding ortho intramolecular Hbond substituents is 1. The fourth-order valence-electron chi connectivity index (χ4n) is 2.84. The molecule has 0 aliphatic rings. The summed E-state index contributed by atoms with van der Waals surface area (Å²) in [6.07, 6.45) is 0.670. The van der Waals surface area contributed by atoms with Gasteiger partial charge in [0.05, 0.1) is 20.3 Å². The summed E-state index contributed by atoms with van der Waals surface area (Å²) in [6.45, 7) is 7.58. The van der Waals surface area contributed by atoms with Crippen molar-refractivity contribution in [2.45, 2.75) is 26.9 Å². The molecule has 166 valence electrons. The molecule has 30 heavy (non-hydrogen) atoms. The molecule has 0 radical (unpaired) electrons. The molecule has 0 heterocycles. The first-order valence-corrected chi connectivity index (χ1v) is 10.1. The molecule has 0 fully saturated rings. The molecular weight excluding hydrogens is 493 g/mol. The maximum Gasteiger partial charge on any atom is 0.191 e. The lowest BCUT2D eigenvalue weighted by Crippen LogP contribution is -2.38. The highest BCUT2D eigenvalue weighted by molar-refractivity contribution is 14.0. The average Bonchev–Trinajstić information content (AvgIpc) is 2.74. The van der Waals surface area contributed by atoms with E-state index in [-0.39, 0.29) is 29.7 Å². The van der Waals surface area contributed by atoms with Crippen LogP contribution in [0.15, 0.2) is 53.5 Å². The summed E-state index contributed by atoms with van der Waals surface area (Å²) in [5, 5.41) is 16.8. The van der Waals surface area contributed by atoms with E-state index in [1.54, 1.807) is 13.2 Å². The molecule has 6 nitrogen and oxygen atoms in total. The summed E-state index contributed by atoms with van der Waals surface area (Å²) in [6, 6.07) is 15.7. The van der Waals surface area contributed by atoms with Crippen LogP contribution in [0, 0.1) is 5.92 Å². The Morgan fingerprint density at radius 1 is 1.10 bits per heavy atom. The van der Waals surface area contributed by atoms with Crippen molar-refractivity contribution in [3.8, 4) is 11.5 Å². The molecule has 7 heteroatoms. The molecule has 2 rings (SSSR count). The lowest BCUT2D eigenvalue weighted by atomic mass is 10.1.